The molecule has 1 aromatic carbocycles. The quantitative estimate of drug-likeness (QED) is 0.857. The van der Waals surface area contributed by atoms with Crippen LogP contribution in [0.1, 0.15) is 24.8 Å². The third-order valence-electron chi connectivity index (χ3n) is 4.62. The molecule has 4 heteroatoms. The molecule has 0 saturated carbocycles. The van der Waals surface area contributed by atoms with E-state index in [4.69, 9.17) is 4.74 Å². The van der Waals surface area contributed by atoms with Gasteiger partial charge in [0.25, 0.3) is 0 Å². The molecule has 0 bridgehead atoms. The van der Waals surface area contributed by atoms with Crippen molar-refractivity contribution >= 4 is 5.91 Å². The van der Waals surface area contributed by atoms with E-state index in [0.29, 0.717) is 19.1 Å². The summed E-state index contributed by atoms with van der Waals surface area (Å²) in [6, 6.07) is 6.85. The Kier molecular flexibility index (Phi) is 4.54. The molecule has 1 atom stereocenters. The van der Waals surface area contributed by atoms with Crippen molar-refractivity contribution in [3.8, 4) is 0 Å². The van der Waals surface area contributed by atoms with Gasteiger partial charge in [0.05, 0.1) is 12.5 Å². The van der Waals surface area contributed by atoms with Gasteiger partial charge in [-0.2, -0.15) is 0 Å². The van der Waals surface area contributed by atoms with E-state index >= 15 is 0 Å². The molecule has 2 saturated heterocycles. The van der Waals surface area contributed by atoms with Gasteiger partial charge in [-0.3, -0.25) is 4.79 Å². The van der Waals surface area contributed by atoms with Gasteiger partial charge in [0.2, 0.25) is 5.91 Å². The molecular weight excluding hydrogens is 269 g/mol. The standard InChI is InChI=1S/C17H22FNO2/c18-16-3-1-2-14(11-16)10-13-4-7-19(8-5-13)17(20)15-6-9-21-12-15/h1-3,11,13,15H,4-10,12H2. The van der Waals surface area contributed by atoms with Gasteiger partial charge in [-0.1, -0.05) is 12.1 Å². The van der Waals surface area contributed by atoms with E-state index in [1.165, 1.54) is 6.07 Å². The fourth-order valence-corrected chi connectivity index (χ4v) is 3.34. The zero-order valence-electron chi connectivity index (χ0n) is 12.3. The number of hydrogen-bond donors (Lipinski definition) is 0. The third-order valence-corrected chi connectivity index (χ3v) is 4.62. The van der Waals surface area contributed by atoms with E-state index in [1.807, 2.05) is 11.0 Å². The van der Waals surface area contributed by atoms with Crippen LogP contribution in [0.15, 0.2) is 24.3 Å². The van der Waals surface area contributed by atoms with Crippen molar-refractivity contribution in [2.75, 3.05) is 26.3 Å². The highest BCUT2D eigenvalue weighted by Gasteiger charge is 2.30. The van der Waals surface area contributed by atoms with Gasteiger partial charge >= 0.3 is 0 Å². The molecule has 2 aliphatic heterocycles. The summed E-state index contributed by atoms with van der Waals surface area (Å²) in [5.41, 5.74) is 1.06. The molecule has 3 rings (SSSR count). The van der Waals surface area contributed by atoms with Crippen LogP contribution in [-0.2, 0) is 16.0 Å². The number of rotatable bonds is 3. The molecule has 0 radical (unpaired) electrons. The van der Waals surface area contributed by atoms with Crippen LogP contribution in [0, 0.1) is 17.7 Å². The number of carbonyl (C=O) groups is 1. The van der Waals surface area contributed by atoms with Crippen molar-refractivity contribution in [2.24, 2.45) is 11.8 Å². The molecule has 1 unspecified atom stereocenters. The molecular formula is C17H22FNO2. The molecule has 3 nitrogen and oxygen atoms in total. The third kappa shape index (κ3) is 3.62. The Morgan fingerprint density at radius 1 is 1.29 bits per heavy atom. The molecule has 2 fully saturated rings. The van der Waals surface area contributed by atoms with Crippen LogP contribution in [0.5, 0.6) is 0 Å². The van der Waals surface area contributed by atoms with E-state index < -0.39 is 0 Å². The second-order valence-corrected chi connectivity index (χ2v) is 6.16. The highest BCUT2D eigenvalue weighted by Crippen LogP contribution is 2.24. The van der Waals surface area contributed by atoms with Gasteiger partial charge in [0.1, 0.15) is 5.82 Å². The second-order valence-electron chi connectivity index (χ2n) is 6.16. The summed E-state index contributed by atoms with van der Waals surface area (Å²) < 4.78 is 18.5. The van der Waals surface area contributed by atoms with E-state index in [0.717, 1.165) is 44.3 Å². The fourth-order valence-electron chi connectivity index (χ4n) is 3.34. The van der Waals surface area contributed by atoms with Gasteiger partial charge < -0.3 is 9.64 Å². The van der Waals surface area contributed by atoms with Crippen molar-refractivity contribution in [1.82, 2.24) is 4.90 Å². The summed E-state index contributed by atoms with van der Waals surface area (Å²) in [5.74, 6) is 0.721. The highest BCUT2D eigenvalue weighted by molar-refractivity contribution is 5.79. The molecule has 0 aromatic heterocycles. The minimum Gasteiger partial charge on any atom is -0.381 e. The van der Waals surface area contributed by atoms with E-state index in [2.05, 4.69) is 0 Å². The van der Waals surface area contributed by atoms with E-state index in [9.17, 15) is 9.18 Å². The Bertz CT molecular complexity index is 491. The maximum Gasteiger partial charge on any atom is 0.228 e. The predicted molar refractivity (Wildman–Crippen MR) is 78.3 cm³/mol. The summed E-state index contributed by atoms with van der Waals surface area (Å²) in [5, 5.41) is 0. The lowest BCUT2D eigenvalue weighted by Gasteiger charge is -2.33. The number of piperidine rings is 1. The normalized spacial score (nSPS) is 23.5. The molecule has 21 heavy (non-hydrogen) atoms. The lowest BCUT2D eigenvalue weighted by molar-refractivity contribution is -0.136. The molecule has 2 aliphatic rings. The van der Waals surface area contributed by atoms with Gasteiger partial charge in [0.15, 0.2) is 0 Å². The van der Waals surface area contributed by atoms with Crippen molar-refractivity contribution < 1.29 is 13.9 Å². The number of benzene rings is 1. The minimum absolute atomic E-state index is 0.0739. The molecule has 0 N–H and O–H groups in total. The number of likely N-dealkylation sites (tertiary alicyclic amines) is 1. The molecule has 2 heterocycles. The molecule has 114 valence electrons. The van der Waals surface area contributed by atoms with Gasteiger partial charge in [-0.25, -0.2) is 4.39 Å². The Labute approximate surface area is 125 Å². The average Bonchev–Trinajstić information content (AvgIpc) is 3.01. The smallest absolute Gasteiger partial charge is 0.228 e. The maximum absolute atomic E-state index is 13.2. The van der Waals surface area contributed by atoms with Crippen LogP contribution in [0.2, 0.25) is 0 Å². The largest absolute Gasteiger partial charge is 0.381 e. The Hall–Kier alpha value is -1.42. The van der Waals surface area contributed by atoms with Gasteiger partial charge in [-0.15, -0.1) is 0 Å². The summed E-state index contributed by atoms with van der Waals surface area (Å²) in [4.78, 5) is 14.3. The first-order chi connectivity index (χ1) is 10.2. The number of halogens is 1. The Morgan fingerprint density at radius 3 is 2.76 bits per heavy atom. The first kappa shape index (κ1) is 14.5. The lowest BCUT2D eigenvalue weighted by Crippen LogP contribution is -2.42. The average molecular weight is 291 g/mol. The van der Waals surface area contributed by atoms with E-state index in [1.54, 1.807) is 12.1 Å². The zero-order valence-corrected chi connectivity index (χ0v) is 12.3. The Morgan fingerprint density at radius 2 is 2.10 bits per heavy atom. The number of carbonyl (C=O) groups excluding carboxylic acids is 1. The number of nitrogens with zero attached hydrogens (tertiary/aromatic N) is 1. The van der Waals surface area contributed by atoms with Crippen LogP contribution in [-0.4, -0.2) is 37.1 Å². The van der Waals surface area contributed by atoms with Crippen molar-refractivity contribution in [1.29, 1.82) is 0 Å². The second kappa shape index (κ2) is 6.56. The van der Waals surface area contributed by atoms with Gasteiger partial charge in [0, 0.05) is 19.7 Å². The molecule has 1 amide bonds. The zero-order chi connectivity index (χ0) is 14.7. The van der Waals surface area contributed by atoms with Crippen molar-refractivity contribution in [3.63, 3.8) is 0 Å². The predicted octanol–water partition coefficient (Wildman–Crippen LogP) is 2.64. The highest BCUT2D eigenvalue weighted by atomic mass is 19.1. The maximum atomic E-state index is 13.2. The first-order valence-corrected chi connectivity index (χ1v) is 7.83. The Balaban J connectivity index is 1.49. The van der Waals surface area contributed by atoms with Crippen LogP contribution in [0.3, 0.4) is 0 Å². The summed E-state index contributed by atoms with van der Waals surface area (Å²) in [6.45, 7) is 2.96. The fraction of sp³-hybridized carbons (Fsp3) is 0.588. The van der Waals surface area contributed by atoms with Crippen LogP contribution in [0.4, 0.5) is 4.39 Å². The topological polar surface area (TPSA) is 29.5 Å². The monoisotopic (exact) mass is 291 g/mol. The van der Waals surface area contributed by atoms with Crippen LogP contribution in [0.25, 0.3) is 0 Å². The molecule has 0 aliphatic carbocycles. The van der Waals surface area contributed by atoms with Crippen LogP contribution < -0.4 is 0 Å². The minimum atomic E-state index is -0.165. The molecule has 1 aromatic rings. The molecule has 0 spiro atoms. The summed E-state index contributed by atoms with van der Waals surface area (Å²) in [7, 11) is 0. The van der Waals surface area contributed by atoms with Crippen molar-refractivity contribution in [2.45, 2.75) is 25.7 Å². The SMILES string of the molecule is O=C(C1CCOC1)N1CCC(Cc2cccc(F)c2)CC1. The number of ether oxygens (including phenoxy) is 1. The summed E-state index contributed by atoms with van der Waals surface area (Å²) in [6.07, 6.45) is 3.79. The number of amides is 1. The van der Waals surface area contributed by atoms with Crippen LogP contribution >= 0.6 is 0 Å². The summed E-state index contributed by atoms with van der Waals surface area (Å²) >= 11 is 0. The van der Waals surface area contributed by atoms with E-state index in [-0.39, 0.29) is 17.6 Å². The van der Waals surface area contributed by atoms with Crippen molar-refractivity contribution in [3.05, 3.63) is 35.6 Å². The van der Waals surface area contributed by atoms with Gasteiger partial charge in [-0.05, 0) is 49.3 Å². The lowest BCUT2D eigenvalue weighted by atomic mass is 9.89. The number of hydrogen-bond acceptors (Lipinski definition) is 2. The first-order valence-electron chi connectivity index (χ1n) is 7.83.